The topological polar surface area (TPSA) is 37.3 Å². The SMILES string of the molecule is CC(=O)O.CCCCCCCCCl. The second kappa shape index (κ2) is 14.3. The number of aliphatic carboxylic acids is 1. The van der Waals surface area contributed by atoms with E-state index in [9.17, 15) is 0 Å². The van der Waals surface area contributed by atoms with E-state index in [1.165, 1.54) is 38.5 Å². The van der Waals surface area contributed by atoms with E-state index in [0.29, 0.717) is 0 Å². The van der Waals surface area contributed by atoms with Crippen LogP contribution >= 0.6 is 11.6 Å². The maximum absolute atomic E-state index is 9.00. The molecular formula is C10H21ClO2. The fourth-order valence-corrected chi connectivity index (χ4v) is 1.06. The summed E-state index contributed by atoms with van der Waals surface area (Å²) in [5, 5.41) is 7.42. The zero-order valence-corrected chi connectivity index (χ0v) is 9.44. The van der Waals surface area contributed by atoms with Crippen molar-refractivity contribution in [3.05, 3.63) is 0 Å². The van der Waals surface area contributed by atoms with Crippen molar-refractivity contribution in [2.45, 2.75) is 52.4 Å². The number of hydrogen-bond donors (Lipinski definition) is 1. The highest BCUT2D eigenvalue weighted by Gasteiger charge is 1.86. The fraction of sp³-hybridized carbons (Fsp3) is 0.900. The molecule has 0 fully saturated rings. The molecule has 2 nitrogen and oxygen atoms in total. The lowest BCUT2D eigenvalue weighted by atomic mass is 10.1. The molecule has 0 rings (SSSR count). The Morgan fingerprint density at radius 2 is 1.54 bits per heavy atom. The second-order valence-corrected chi connectivity index (χ2v) is 3.35. The first-order valence-corrected chi connectivity index (χ1v) is 5.44. The maximum atomic E-state index is 9.00. The summed E-state index contributed by atoms with van der Waals surface area (Å²) in [6.07, 6.45) is 8.02. The van der Waals surface area contributed by atoms with E-state index in [4.69, 9.17) is 21.5 Å². The van der Waals surface area contributed by atoms with Gasteiger partial charge in [-0.2, -0.15) is 0 Å². The molecule has 0 atom stereocenters. The normalized spacial score (nSPS) is 8.85. The van der Waals surface area contributed by atoms with Crippen LogP contribution in [-0.2, 0) is 4.79 Å². The quantitative estimate of drug-likeness (QED) is 0.534. The third kappa shape index (κ3) is 33.8. The lowest BCUT2D eigenvalue weighted by molar-refractivity contribution is -0.134. The average molecular weight is 209 g/mol. The first kappa shape index (κ1) is 15.2. The Kier molecular flexibility index (Phi) is 16.8. The van der Waals surface area contributed by atoms with Gasteiger partial charge in [0.2, 0.25) is 0 Å². The highest BCUT2D eigenvalue weighted by atomic mass is 35.5. The zero-order valence-electron chi connectivity index (χ0n) is 8.68. The van der Waals surface area contributed by atoms with Crippen molar-refractivity contribution in [2.24, 2.45) is 0 Å². The standard InChI is InChI=1S/C8H17Cl.C2H4O2/c1-2-3-4-5-6-7-8-9;1-2(3)4/h2-8H2,1H3;1H3,(H,3,4). The molecule has 0 bridgehead atoms. The van der Waals surface area contributed by atoms with Crippen LogP contribution in [0.3, 0.4) is 0 Å². The molecule has 0 saturated carbocycles. The van der Waals surface area contributed by atoms with Crippen LogP contribution in [0.1, 0.15) is 52.4 Å². The van der Waals surface area contributed by atoms with Crippen molar-refractivity contribution in [2.75, 3.05) is 5.88 Å². The summed E-state index contributed by atoms with van der Waals surface area (Å²) >= 11 is 5.51. The summed E-state index contributed by atoms with van der Waals surface area (Å²) in [7, 11) is 0. The highest BCUT2D eigenvalue weighted by Crippen LogP contribution is 2.04. The Balaban J connectivity index is 0. The number of rotatable bonds is 6. The number of carboxylic acids is 1. The molecule has 3 heteroatoms. The molecule has 80 valence electrons. The van der Waals surface area contributed by atoms with Crippen molar-refractivity contribution in [1.82, 2.24) is 0 Å². The number of alkyl halides is 1. The van der Waals surface area contributed by atoms with Gasteiger partial charge in [0.15, 0.2) is 0 Å². The number of halogens is 1. The van der Waals surface area contributed by atoms with Crippen molar-refractivity contribution in [3.63, 3.8) is 0 Å². The van der Waals surface area contributed by atoms with Gasteiger partial charge in [0.25, 0.3) is 5.97 Å². The molecule has 0 heterocycles. The Morgan fingerprint density at radius 3 is 1.92 bits per heavy atom. The Labute approximate surface area is 86.3 Å². The summed E-state index contributed by atoms with van der Waals surface area (Å²) in [6, 6.07) is 0. The van der Waals surface area contributed by atoms with Gasteiger partial charge >= 0.3 is 0 Å². The summed E-state index contributed by atoms with van der Waals surface area (Å²) in [6.45, 7) is 3.32. The molecule has 0 aromatic heterocycles. The first-order chi connectivity index (χ1) is 6.15. The maximum Gasteiger partial charge on any atom is 0.300 e. The largest absolute Gasteiger partial charge is 0.481 e. The van der Waals surface area contributed by atoms with E-state index in [1.54, 1.807) is 0 Å². The van der Waals surface area contributed by atoms with Crippen LogP contribution in [0.4, 0.5) is 0 Å². The molecule has 0 radical (unpaired) electrons. The highest BCUT2D eigenvalue weighted by molar-refractivity contribution is 6.17. The molecule has 0 saturated heterocycles. The molecule has 0 amide bonds. The summed E-state index contributed by atoms with van der Waals surface area (Å²) in [5.41, 5.74) is 0. The van der Waals surface area contributed by atoms with Gasteiger partial charge in [0.05, 0.1) is 0 Å². The summed E-state index contributed by atoms with van der Waals surface area (Å²) in [4.78, 5) is 9.00. The Hall–Kier alpha value is -0.240. The van der Waals surface area contributed by atoms with E-state index in [1.807, 2.05) is 0 Å². The van der Waals surface area contributed by atoms with Gasteiger partial charge in [0.1, 0.15) is 0 Å². The molecule has 0 unspecified atom stereocenters. The molecule has 1 N–H and O–H groups in total. The van der Waals surface area contributed by atoms with Crippen molar-refractivity contribution < 1.29 is 9.90 Å². The lowest BCUT2D eigenvalue weighted by Gasteiger charge is -1.95. The molecule has 0 aliphatic heterocycles. The first-order valence-electron chi connectivity index (χ1n) is 4.90. The van der Waals surface area contributed by atoms with Crippen molar-refractivity contribution in [3.8, 4) is 0 Å². The van der Waals surface area contributed by atoms with Crippen LogP contribution < -0.4 is 0 Å². The predicted molar refractivity (Wildman–Crippen MR) is 57.4 cm³/mol. The Morgan fingerprint density at radius 1 is 1.15 bits per heavy atom. The van der Waals surface area contributed by atoms with Crippen LogP contribution in [0, 0.1) is 0 Å². The Bertz CT molecular complexity index is 95.1. The minimum Gasteiger partial charge on any atom is -0.481 e. The fourth-order valence-electron chi connectivity index (χ4n) is 0.875. The molecule has 0 spiro atoms. The van der Waals surface area contributed by atoms with Crippen molar-refractivity contribution in [1.29, 1.82) is 0 Å². The molecule has 0 aromatic rings. The van der Waals surface area contributed by atoms with E-state index in [2.05, 4.69) is 6.92 Å². The minimum atomic E-state index is -0.833. The van der Waals surface area contributed by atoms with Crippen LogP contribution in [0.5, 0.6) is 0 Å². The van der Waals surface area contributed by atoms with E-state index < -0.39 is 5.97 Å². The summed E-state index contributed by atoms with van der Waals surface area (Å²) in [5.74, 6) is 0.00608. The number of unbranched alkanes of at least 4 members (excludes halogenated alkanes) is 5. The molecule has 13 heavy (non-hydrogen) atoms. The number of hydrogen-bond acceptors (Lipinski definition) is 1. The third-order valence-electron chi connectivity index (χ3n) is 1.49. The van der Waals surface area contributed by atoms with Crippen LogP contribution in [-0.4, -0.2) is 17.0 Å². The molecule has 0 aliphatic carbocycles. The van der Waals surface area contributed by atoms with Crippen LogP contribution in [0.15, 0.2) is 0 Å². The van der Waals surface area contributed by atoms with Gasteiger partial charge < -0.3 is 5.11 Å². The van der Waals surface area contributed by atoms with Crippen LogP contribution in [0.25, 0.3) is 0 Å². The van der Waals surface area contributed by atoms with Crippen molar-refractivity contribution >= 4 is 17.6 Å². The van der Waals surface area contributed by atoms with E-state index in [-0.39, 0.29) is 0 Å². The molecule has 0 aliphatic rings. The smallest absolute Gasteiger partial charge is 0.300 e. The zero-order chi connectivity index (χ0) is 10.5. The van der Waals surface area contributed by atoms with Crippen LogP contribution in [0.2, 0.25) is 0 Å². The van der Waals surface area contributed by atoms with Gasteiger partial charge in [-0.1, -0.05) is 39.0 Å². The van der Waals surface area contributed by atoms with Gasteiger partial charge in [-0.15, -0.1) is 11.6 Å². The predicted octanol–water partition coefficient (Wildman–Crippen LogP) is 3.68. The molecular weight excluding hydrogens is 188 g/mol. The lowest BCUT2D eigenvalue weighted by Crippen LogP contribution is -1.78. The van der Waals surface area contributed by atoms with Gasteiger partial charge in [0, 0.05) is 12.8 Å². The van der Waals surface area contributed by atoms with E-state index in [0.717, 1.165) is 12.8 Å². The molecule has 0 aromatic carbocycles. The number of carbonyl (C=O) groups is 1. The van der Waals surface area contributed by atoms with Gasteiger partial charge in [-0.25, -0.2) is 0 Å². The summed E-state index contributed by atoms with van der Waals surface area (Å²) < 4.78 is 0. The third-order valence-corrected chi connectivity index (χ3v) is 1.75. The average Bonchev–Trinajstić information content (AvgIpc) is 2.03. The van der Waals surface area contributed by atoms with Gasteiger partial charge in [-0.3, -0.25) is 4.79 Å². The van der Waals surface area contributed by atoms with E-state index >= 15 is 0 Å². The second-order valence-electron chi connectivity index (χ2n) is 2.98. The monoisotopic (exact) mass is 208 g/mol. The minimum absolute atomic E-state index is 0.833. The van der Waals surface area contributed by atoms with Gasteiger partial charge in [-0.05, 0) is 6.42 Å². The number of carboxylic acid groups (broad SMARTS) is 1.